The third kappa shape index (κ3) is 4.07. The molecule has 0 fully saturated rings. The normalized spacial score (nSPS) is 12.2. The van der Waals surface area contributed by atoms with Crippen LogP contribution in [0, 0.1) is 5.82 Å². The van der Waals surface area contributed by atoms with E-state index in [4.69, 9.17) is 15.2 Å². The van der Waals surface area contributed by atoms with Gasteiger partial charge in [0.1, 0.15) is 0 Å². The van der Waals surface area contributed by atoms with Crippen LogP contribution >= 0.6 is 0 Å². The monoisotopic (exact) mass is 256 g/mol. The van der Waals surface area contributed by atoms with Gasteiger partial charge in [-0.3, -0.25) is 0 Å². The minimum absolute atomic E-state index is 0.0504. The Bertz CT molecular complexity index is 385. The molecule has 0 heterocycles. The quantitative estimate of drug-likeness (QED) is 0.736. The van der Waals surface area contributed by atoms with Gasteiger partial charge in [0.2, 0.25) is 0 Å². The third-order valence-corrected chi connectivity index (χ3v) is 2.55. The molecular weight excluding hydrogens is 235 g/mol. The van der Waals surface area contributed by atoms with Crippen molar-refractivity contribution in [1.82, 2.24) is 0 Å². The van der Waals surface area contributed by atoms with Crippen molar-refractivity contribution in [3.8, 4) is 5.75 Å². The van der Waals surface area contributed by atoms with Gasteiger partial charge in [-0.1, -0.05) is 6.92 Å². The molecule has 0 aliphatic rings. The van der Waals surface area contributed by atoms with Crippen LogP contribution in [0.5, 0.6) is 5.75 Å². The van der Waals surface area contributed by atoms with Gasteiger partial charge in [0.15, 0.2) is 11.6 Å². The average molecular weight is 256 g/mol. The van der Waals surface area contributed by atoms with Gasteiger partial charge in [0.25, 0.3) is 0 Å². The Morgan fingerprint density at radius 3 is 2.78 bits per heavy atom. The van der Waals surface area contributed by atoms with Crippen LogP contribution < -0.4 is 15.8 Å². The van der Waals surface area contributed by atoms with Crippen molar-refractivity contribution in [2.24, 2.45) is 0 Å². The number of anilines is 2. The highest BCUT2D eigenvalue weighted by Gasteiger charge is 2.09. The molecule has 1 rings (SSSR count). The van der Waals surface area contributed by atoms with Gasteiger partial charge in [-0.25, -0.2) is 4.39 Å². The molecule has 18 heavy (non-hydrogen) atoms. The largest absolute Gasteiger partial charge is 0.490 e. The second-order valence-electron chi connectivity index (χ2n) is 4.15. The lowest BCUT2D eigenvalue weighted by Crippen LogP contribution is -2.18. The van der Waals surface area contributed by atoms with Crippen molar-refractivity contribution in [3.63, 3.8) is 0 Å². The average Bonchev–Trinajstić information content (AvgIpc) is 2.36. The number of hydrogen-bond donors (Lipinski definition) is 2. The van der Waals surface area contributed by atoms with Gasteiger partial charge < -0.3 is 20.5 Å². The van der Waals surface area contributed by atoms with Gasteiger partial charge >= 0.3 is 0 Å². The lowest BCUT2D eigenvalue weighted by atomic mass is 10.2. The zero-order chi connectivity index (χ0) is 13.5. The van der Waals surface area contributed by atoms with E-state index >= 15 is 0 Å². The Balaban J connectivity index is 2.77. The van der Waals surface area contributed by atoms with Crippen LogP contribution in [0.25, 0.3) is 0 Å². The summed E-state index contributed by atoms with van der Waals surface area (Å²) in [6.45, 7) is 4.98. The maximum absolute atomic E-state index is 13.6. The van der Waals surface area contributed by atoms with E-state index < -0.39 is 5.82 Å². The highest BCUT2D eigenvalue weighted by molar-refractivity contribution is 5.68. The van der Waals surface area contributed by atoms with E-state index in [0.717, 1.165) is 6.42 Å². The number of nitrogens with one attached hydrogen (secondary N) is 1. The molecule has 1 atom stereocenters. The number of benzene rings is 1. The molecule has 1 aromatic rings. The summed E-state index contributed by atoms with van der Waals surface area (Å²) in [7, 11) is 1.64. The smallest absolute Gasteiger partial charge is 0.167 e. The summed E-state index contributed by atoms with van der Waals surface area (Å²) in [4.78, 5) is 0. The third-order valence-electron chi connectivity index (χ3n) is 2.55. The molecule has 5 heteroatoms. The van der Waals surface area contributed by atoms with E-state index in [-0.39, 0.29) is 11.9 Å². The molecule has 3 N–H and O–H groups in total. The molecule has 0 bridgehead atoms. The topological polar surface area (TPSA) is 56.5 Å². The fourth-order valence-electron chi connectivity index (χ4n) is 1.38. The molecular formula is C13H21FN2O2. The fraction of sp³-hybridized carbons (Fsp3) is 0.538. The number of ether oxygens (including phenoxy) is 2. The molecule has 0 amide bonds. The maximum Gasteiger partial charge on any atom is 0.167 e. The van der Waals surface area contributed by atoms with Crippen molar-refractivity contribution in [1.29, 1.82) is 0 Å². The summed E-state index contributed by atoms with van der Waals surface area (Å²) in [6.07, 6.45) is 0.877. The van der Waals surface area contributed by atoms with Crippen LogP contribution in [0.15, 0.2) is 12.1 Å². The molecule has 4 nitrogen and oxygen atoms in total. The fourth-order valence-corrected chi connectivity index (χ4v) is 1.38. The SMILES string of the molecule is CCCOc1cc(NCC(C)OC)c(N)cc1F. The first-order valence-corrected chi connectivity index (χ1v) is 6.07. The van der Waals surface area contributed by atoms with E-state index in [0.29, 0.717) is 24.5 Å². The minimum atomic E-state index is -0.439. The number of halogens is 1. The zero-order valence-electron chi connectivity index (χ0n) is 11.1. The standard InChI is InChI=1S/C13H21FN2O2/c1-4-5-18-13-7-12(11(15)6-10(13)14)16-8-9(2)17-3/h6-7,9,16H,4-5,8,15H2,1-3H3. The Kier molecular flexibility index (Phi) is 5.71. The lowest BCUT2D eigenvalue weighted by Gasteiger charge is -2.15. The van der Waals surface area contributed by atoms with Gasteiger partial charge in [0, 0.05) is 25.8 Å². The van der Waals surface area contributed by atoms with Crippen molar-refractivity contribution >= 4 is 11.4 Å². The van der Waals surface area contributed by atoms with E-state index in [2.05, 4.69) is 5.32 Å². The number of nitrogen functional groups attached to an aromatic ring is 1. The summed E-state index contributed by atoms with van der Waals surface area (Å²) in [5.41, 5.74) is 6.77. The molecule has 0 spiro atoms. The number of methoxy groups -OCH3 is 1. The Labute approximate surface area is 107 Å². The van der Waals surface area contributed by atoms with Gasteiger partial charge in [-0.15, -0.1) is 0 Å². The predicted molar refractivity (Wildman–Crippen MR) is 71.6 cm³/mol. The summed E-state index contributed by atoms with van der Waals surface area (Å²) in [5, 5.41) is 3.11. The first-order chi connectivity index (χ1) is 8.58. The Morgan fingerprint density at radius 2 is 2.17 bits per heavy atom. The Morgan fingerprint density at radius 1 is 1.44 bits per heavy atom. The van der Waals surface area contributed by atoms with Crippen molar-refractivity contribution in [3.05, 3.63) is 17.9 Å². The van der Waals surface area contributed by atoms with Crippen LogP contribution in [0.3, 0.4) is 0 Å². The highest BCUT2D eigenvalue weighted by atomic mass is 19.1. The van der Waals surface area contributed by atoms with Crippen LogP contribution in [0.1, 0.15) is 20.3 Å². The van der Waals surface area contributed by atoms with E-state index in [1.165, 1.54) is 6.07 Å². The summed E-state index contributed by atoms with van der Waals surface area (Å²) in [5.74, 6) is -0.218. The van der Waals surface area contributed by atoms with Crippen LogP contribution in [0.2, 0.25) is 0 Å². The molecule has 102 valence electrons. The van der Waals surface area contributed by atoms with Crippen LogP contribution in [-0.2, 0) is 4.74 Å². The first kappa shape index (κ1) is 14.6. The molecule has 0 radical (unpaired) electrons. The molecule has 0 saturated carbocycles. The lowest BCUT2D eigenvalue weighted by molar-refractivity contribution is 0.129. The van der Waals surface area contributed by atoms with E-state index in [1.807, 2.05) is 13.8 Å². The van der Waals surface area contributed by atoms with Crippen LogP contribution in [0.4, 0.5) is 15.8 Å². The minimum Gasteiger partial charge on any atom is -0.490 e. The summed E-state index contributed by atoms with van der Waals surface area (Å²) >= 11 is 0. The van der Waals surface area contributed by atoms with Crippen molar-refractivity contribution in [2.45, 2.75) is 26.4 Å². The zero-order valence-corrected chi connectivity index (χ0v) is 11.1. The maximum atomic E-state index is 13.6. The molecule has 0 aliphatic heterocycles. The number of rotatable bonds is 7. The second-order valence-corrected chi connectivity index (χ2v) is 4.15. The van der Waals surface area contributed by atoms with Crippen LogP contribution in [-0.4, -0.2) is 26.4 Å². The molecule has 0 saturated heterocycles. The van der Waals surface area contributed by atoms with Gasteiger partial charge in [-0.2, -0.15) is 0 Å². The van der Waals surface area contributed by atoms with Crippen molar-refractivity contribution in [2.75, 3.05) is 31.3 Å². The number of hydrogen-bond acceptors (Lipinski definition) is 4. The van der Waals surface area contributed by atoms with Gasteiger partial charge in [0.05, 0.1) is 24.1 Å². The molecule has 0 aliphatic carbocycles. The number of nitrogens with two attached hydrogens (primary N) is 1. The molecule has 1 unspecified atom stereocenters. The second kappa shape index (κ2) is 7.06. The van der Waals surface area contributed by atoms with E-state index in [1.54, 1.807) is 13.2 Å². The molecule has 1 aromatic carbocycles. The van der Waals surface area contributed by atoms with E-state index in [9.17, 15) is 4.39 Å². The Hall–Kier alpha value is -1.49. The summed E-state index contributed by atoms with van der Waals surface area (Å²) < 4.78 is 24.0. The van der Waals surface area contributed by atoms with Gasteiger partial charge in [-0.05, 0) is 13.3 Å². The predicted octanol–water partition coefficient (Wildman–Crippen LogP) is 2.64. The first-order valence-electron chi connectivity index (χ1n) is 6.07. The molecule has 0 aromatic heterocycles. The van der Waals surface area contributed by atoms with Crippen molar-refractivity contribution < 1.29 is 13.9 Å². The summed E-state index contributed by atoms with van der Waals surface area (Å²) in [6, 6.07) is 2.85. The highest BCUT2D eigenvalue weighted by Crippen LogP contribution is 2.28.